The predicted molar refractivity (Wildman–Crippen MR) is 80.9 cm³/mol. The molecule has 0 N–H and O–H groups in total. The molecule has 0 bridgehead atoms. The van der Waals surface area contributed by atoms with Gasteiger partial charge in [0.15, 0.2) is 0 Å². The van der Waals surface area contributed by atoms with Crippen molar-refractivity contribution < 1.29 is 4.74 Å². The van der Waals surface area contributed by atoms with E-state index in [0.717, 1.165) is 5.75 Å². The van der Waals surface area contributed by atoms with Crippen LogP contribution in [0.1, 0.15) is 45.1 Å². The lowest BCUT2D eigenvalue weighted by Gasteiger charge is -2.37. The first-order valence-electron chi connectivity index (χ1n) is 7.52. The molecule has 1 aromatic rings. The molecule has 106 valence electrons. The summed E-state index contributed by atoms with van der Waals surface area (Å²) >= 11 is 0. The number of methoxy groups -OCH3 is 1. The van der Waals surface area contributed by atoms with Crippen molar-refractivity contribution in [3.63, 3.8) is 0 Å². The van der Waals surface area contributed by atoms with Gasteiger partial charge in [-0.25, -0.2) is 0 Å². The molecule has 0 aliphatic carbocycles. The second-order valence-corrected chi connectivity index (χ2v) is 5.79. The fraction of sp³-hybridized carbons (Fsp3) is 0.647. The fourth-order valence-corrected chi connectivity index (χ4v) is 3.97. The molecule has 1 aromatic carbocycles. The number of likely N-dealkylation sites (tertiary alicyclic amines) is 1. The van der Waals surface area contributed by atoms with E-state index >= 15 is 0 Å². The molecule has 0 aromatic heterocycles. The molecule has 0 radical (unpaired) electrons. The summed E-state index contributed by atoms with van der Waals surface area (Å²) < 4.78 is 5.42. The molecule has 0 amide bonds. The third-order valence-corrected chi connectivity index (χ3v) is 4.81. The third-order valence-electron chi connectivity index (χ3n) is 4.81. The highest BCUT2D eigenvalue weighted by Crippen LogP contribution is 2.45. The van der Waals surface area contributed by atoms with E-state index in [4.69, 9.17) is 4.74 Å². The van der Waals surface area contributed by atoms with Gasteiger partial charge in [0.1, 0.15) is 5.75 Å². The van der Waals surface area contributed by atoms with Crippen molar-refractivity contribution in [2.45, 2.75) is 51.0 Å². The standard InChI is InChI=1S/C17H27NO/c1-5-10-17(11-12-18(3)16(17)6-2)14-8-7-9-15(13-14)19-4/h7-9,13,16H,5-6,10-12H2,1-4H3. The van der Waals surface area contributed by atoms with E-state index in [-0.39, 0.29) is 0 Å². The van der Waals surface area contributed by atoms with E-state index in [9.17, 15) is 0 Å². The van der Waals surface area contributed by atoms with Crippen LogP contribution >= 0.6 is 0 Å². The zero-order valence-corrected chi connectivity index (χ0v) is 12.8. The largest absolute Gasteiger partial charge is 0.497 e. The Morgan fingerprint density at radius 3 is 2.79 bits per heavy atom. The van der Waals surface area contributed by atoms with Crippen molar-refractivity contribution in [1.29, 1.82) is 0 Å². The first kappa shape index (κ1) is 14.4. The van der Waals surface area contributed by atoms with Gasteiger partial charge in [-0.1, -0.05) is 32.4 Å². The van der Waals surface area contributed by atoms with Gasteiger partial charge in [0.05, 0.1) is 7.11 Å². The Hall–Kier alpha value is -1.02. The van der Waals surface area contributed by atoms with Crippen molar-refractivity contribution in [2.75, 3.05) is 20.7 Å². The van der Waals surface area contributed by atoms with Crippen LogP contribution in [0.25, 0.3) is 0 Å². The summed E-state index contributed by atoms with van der Waals surface area (Å²) in [6.07, 6.45) is 4.99. The van der Waals surface area contributed by atoms with Gasteiger partial charge in [-0.05, 0) is 50.6 Å². The molecule has 2 nitrogen and oxygen atoms in total. The lowest BCUT2D eigenvalue weighted by atomic mass is 9.70. The van der Waals surface area contributed by atoms with Crippen LogP contribution in [0.5, 0.6) is 5.75 Å². The van der Waals surface area contributed by atoms with Crippen molar-refractivity contribution >= 4 is 0 Å². The lowest BCUT2D eigenvalue weighted by Crippen LogP contribution is -2.40. The lowest BCUT2D eigenvalue weighted by molar-refractivity contribution is 0.224. The molecule has 0 spiro atoms. The molecule has 2 heteroatoms. The summed E-state index contributed by atoms with van der Waals surface area (Å²) in [7, 11) is 4.02. The van der Waals surface area contributed by atoms with Crippen LogP contribution in [0.4, 0.5) is 0 Å². The summed E-state index contributed by atoms with van der Waals surface area (Å²) in [5, 5.41) is 0. The number of hydrogen-bond acceptors (Lipinski definition) is 2. The highest BCUT2D eigenvalue weighted by Gasteiger charge is 2.45. The Kier molecular flexibility index (Phi) is 4.51. The molecule has 0 saturated carbocycles. The number of rotatable bonds is 5. The molecule has 19 heavy (non-hydrogen) atoms. The quantitative estimate of drug-likeness (QED) is 0.798. The summed E-state index contributed by atoms with van der Waals surface area (Å²) in [6.45, 7) is 5.82. The molecule has 2 atom stereocenters. The minimum absolute atomic E-state index is 0.312. The average Bonchev–Trinajstić information content (AvgIpc) is 2.76. The maximum absolute atomic E-state index is 5.42. The van der Waals surface area contributed by atoms with E-state index < -0.39 is 0 Å². The topological polar surface area (TPSA) is 12.5 Å². The summed E-state index contributed by atoms with van der Waals surface area (Å²) in [4.78, 5) is 2.54. The molecular formula is C17H27NO. The Morgan fingerprint density at radius 1 is 1.37 bits per heavy atom. The highest BCUT2D eigenvalue weighted by molar-refractivity contribution is 5.36. The van der Waals surface area contributed by atoms with Crippen molar-refractivity contribution in [1.82, 2.24) is 4.90 Å². The second-order valence-electron chi connectivity index (χ2n) is 5.79. The SMILES string of the molecule is CCCC1(c2cccc(OC)c2)CCN(C)C1CC. The van der Waals surface area contributed by atoms with Crippen LogP contribution in [-0.4, -0.2) is 31.6 Å². The van der Waals surface area contributed by atoms with E-state index in [1.54, 1.807) is 7.11 Å². The number of ether oxygens (including phenoxy) is 1. The van der Waals surface area contributed by atoms with Crippen molar-refractivity contribution in [3.8, 4) is 5.75 Å². The zero-order valence-electron chi connectivity index (χ0n) is 12.8. The summed E-state index contributed by atoms with van der Waals surface area (Å²) in [6, 6.07) is 9.37. The molecule has 1 saturated heterocycles. The summed E-state index contributed by atoms with van der Waals surface area (Å²) in [5.41, 5.74) is 1.78. The van der Waals surface area contributed by atoms with Crippen LogP contribution < -0.4 is 4.74 Å². The van der Waals surface area contributed by atoms with Crippen molar-refractivity contribution in [3.05, 3.63) is 29.8 Å². The average molecular weight is 261 g/mol. The minimum atomic E-state index is 0.312. The van der Waals surface area contributed by atoms with Crippen LogP contribution in [0, 0.1) is 0 Å². The Bertz CT molecular complexity index is 413. The second kappa shape index (κ2) is 5.96. The van der Waals surface area contributed by atoms with Gasteiger partial charge in [-0.3, -0.25) is 0 Å². The fourth-order valence-electron chi connectivity index (χ4n) is 3.97. The van der Waals surface area contributed by atoms with E-state index in [2.05, 4.69) is 44.0 Å². The number of hydrogen-bond donors (Lipinski definition) is 0. The van der Waals surface area contributed by atoms with Crippen LogP contribution in [0.2, 0.25) is 0 Å². The Balaban J connectivity index is 2.43. The molecule has 1 aliphatic rings. The van der Waals surface area contributed by atoms with Gasteiger partial charge in [-0.2, -0.15) is 0 Å². The smallest absolute Gasteiger partial charge is 0.119 e. The molecule has 1 aliphatic heterocycles. The maximum Gasteiger partial charge on any atom is 0.119 e. The van der Waals surface area contributed by atoms with Gasteiger partial charge in [0.25, 0.3) is 0 Å². The van der Waals surface area contributed by atoms with E-state index in [1.165, 1.54) is 37.8 Å². The minimum Gasteiger partial charge on any atom is -0.497 e. The van der Waals surface area contributed by atoms with Crippen LogP contribution in [0.15, 0.2) is 24.3 Å². The van der Waals surface area contributed by atoms with Crippen molar-refractivity contribution in [2.24, 2.45) is 0 Å². The molecule has 2 unspecified atom stereocenters. The van der Waals surface area contributed by atoms with Crippen LogP contribution in [0.3, 0.4) is 0 Å². The Morgan fingerprint density at radius 2 is 2.16 bits per heavy atom. The molecular weight excluding hydrogens is 234 g/mol. The Labute approximate surface area is 117 Å². The van der Waals surface area contributed by atoms with Gasteiger partial charge in [-0.15, -0.1) is 0 Å². The number of likely N-dealkylation sites (N-methyl/N-ethyl adjacent to an activating group) is 1. The maximum atomic E-state index is 5.42. The number of benzene rings is 1. The number of nitrogens with zero attached hydrogens (tertiary/aromatic N) is 1. The first-order chi connectivity index (χ1) is 9.17. The highest BCUT2D eigenvalue weighted by atomic mass is 16.5. The van der Waals surface area contributed by atoms with Gasteiger partial charge in [0, 0.05) is 11.5 Å². The van der Waals surface area contributed by atoms with E-state index in [0.29, 0.717) is 11.5 Å². The first-order valence-corrected chi connectivity index (χ1v) is 7.52. The van der Waals surface area contributed by atoms with Gasteiger partial charge < -0.3 is 9.64 Å². The monoisotopic (exact) mass is 261 g/mol. The van der Waals surface area contributed by atoms with Gasteiger partial charge in [0.2, 0.25) is 0 Å². The summed E-state index contributed by atoms with van der Waals surface area (Å²) in [5.74, 6) is 0.984. The molecule has 1 heterocycles. The molecule has 2 rings (SSSR count). The van der Waals surface area contributed by atoms with E-state index in [1.807, 2.05) is 6.07 Å². The van der Waals surface area contributed by atoms with Crippen LogP contribution in [-0.2, 0) is 5.41 Å². The predicted octanol–water partition coefficient (Wildman–Crippen LogP) is 3.85. The zero-order chi connectivity index (χ0) is 13.9. The normalized spacial score (nSPS) is 27.7. The van der Waals surface area contributed by atoms with Gasteiger partial charge >= 0.3 is 0 Å². The molecule has 1 fully saturated rings. The third kappa shape index (κ3) is 2.51.